The highest BCUT2D eigenvalue weighted by molar-refractivity contribution is 6.09. The van der Waals surface area contributed by atoms with Crippen LogP contribution in [0.2, 0.25) is 0 Å². The van der Waals surface area contributed by atoms with Crippen molar-refractivity contribution in [3.8, 4) is 11.8 Å². The molecule has 0 unspecified atom stereocenters. The van der Waals surface area contributed by atoms with E-state index < -0.39 is 11.7 Å². The summed E-state index contributed by atoms with van der Waals surface area (Å²) in [6.07, 6.45) is 1.42. The van der Waals surface area contributed by atoms with E-state index in [1.54, 1.807) is 24.3 Å². The number of benzene rings is 2. The second kappa shape index (κ2) is 9.73. The fraction of sp³-hybridized carbons (Fsp3) is 0.150. The number of halogens is 1. The number of carbonyl (C=O) groups is 2. The van der Waals surface area contributed by atoms with Crippen LogP contribution in [0.3, 0.4) is 0 Å². The van der Waals surface area contributed by atoms with Gasteiger partial charge in [-0.2, -0.15) is 5.26 Å². The van der Waals surface area contributed by atoms with Gasteiger partial charge in [-0.25, -0.2) is 4.39 Å². The smallest absolute Gasteiger partial charge is 0.266 e. The third-order valence-corrected chi connectivity index (χ3v) is 3.40. The summed E-state index contributed by atoms with van der Waals surface area (Å²) in [5.41, 5.74) is 0.901. The molecule has 0 aliphatic carbocycles. The highest BCUT2D eigenvalue weighted by atomic mass is 19.1. The lowest BCUT2D eigenvalue weighted by molar-refractivity contribution is -0.123. The number of ether oxygens (including phenoxy) is 1. The Kier molecular flexibility index (Phi) is 7.08. The van der Waals surface area contributed by atoms with Gasteiger partial charge in [0, 0.05) is 12.2 Å². The highest BCUT2D eigenvalue weighted by Crippen LogP contribution is 2.16. The van der Waals surface area contributed by atoms with Gasteiger partial charge in [0.05, 0.1) is 0 Å². The molecule has 0 fully saturated rings. The third-order valence-electron chi connectivity index (χ3n) is 3.40. The monoisotopic (exact) mass is 367 g/mol. The zero-order chi connectivity index (χ0) is 19.6. The van der Waals surface area contributed by atoms with E-state index in [1.807, 2.05) is 13.0 Å². The van der Waals surface area contributed by atoms with Gasteiger partial charge in [-0.05, 0) is 55.0 Å². The van der Waals surface area contributed by atoms with Crippen molar-refractivity contribution < 1.29 is 18.7 Å². The number of rotatable bonds is 7. The van der Waals surface area contributed by atoms with Crippen molar-refractivity contribution in [2.75, 3.05) is 18.5 Å². The second-order valence-corrected chi connectivity index (χ2v) is 5.44. The molecule has 2 amide bonds. The van der Waals surface area contributed by atoms with E-state index in [9.17, 15) is 19.2 Å². The van der Waals surface area contributed by atoms with E-state index in [1.165, 1.54) is 30.3 Å². The number of anilines is 1. The standard InChI is InChI=1S/C20H18FN3O3/c1-2-23-19(25)13-27-18-9-3-14(4-10-18)11-15(12-22)20(26)24-17-7-5-16(21)6-8-17/h3-11H,2,13H2,1H3,(H,23,25)(H,24,26). The number of hydrogen-bond donors (Lipinski definition) is 2. The summed E-state index contributed by atoms with van der Waals surface area (Å²) >= 11 is 0. The Morgan fingerprint density at radius 3 is 2.41 bits per heavy atom. The molecule has 0 atom stereocenters. The van der Waals surface area contributed by atoms with Crippen molar-refractivity contribution in [3.63, 3.8) is 0 Å². The van der Waals surface area contributed by atoms with Crippen molar-refractivity contribution >= 4 is 23.6 Å². The molecule has 27 heavy (non-hydrogen) atoms. The van der Waals surface area contributed by atoms with Gasteiger partial charge in [0.25, 0.3) is 11.8 Å². The molecule has 0 aromatic heterocycles. The van der Waals surface area contributed by atoms with E-state index in [0.29, 0.717) is 23.5 Å². The van der Waals surface area contributed by atoms with Gasteiger partial charge in [0.2, 0.25) is 0 Å². The Balaban J connectivity index is 2.01. The van der Waals surface area contributed by atoms with Crippen molar-refractivity contribution in [2.24, 2.45) is 0 Å². The molecular weight excluding hydrogens is 349 g/mol. The Labute approximate surface area is 156 Å². The molecule has 0 saturated carbocycles. The maximum absolute atomic E-state index is 12.9. The van der Waals surface area contributed by atoms with Crippen LogP contribution in [-0.4, -0.2) is 25.0 Å². The molecule has 0 saturated heterocycles. The zero-order valence-corrected chi connectivity index (χ0v) is 14.7. The maximum atomic E-state index is 12.9. The number of hydrogen-bond acceptors (Lipinski definition) is 4. The first-order valence-corrected chi connectivity index (χ1v) is 8.20. The number of nitriles is 1. The molecule has 2 rings (SSSR count). The summed E-state index contributed by atoms with van der Waals surface area (Å²) in [4.78, 5) is 23.5. The van der Waals surface area contributed by atoms with Crippen molar-refractivity contribution in [2.45, 2.75) is 6.92 Å². The summed E-state index contributed by atoms with van der Waals surface area (Å²) in [7, 11) is 0. The lowest BCUT2D eigenvalue weighted by Crippen LogP contribution is -2.28. The molecule has 0 radical (unpaired) electrons. The van der Waals surface area contributed by atoms with Crippen molar-refractivity contribution in [1.29, 1.82) is 5.26 Å². The Bertz CT molecular complexity index is 869. The molecule has 138 valence electrons. The lowest BCUT2D eigenvalue weighted by atomic mass is 10.1. The molecule has 2 aromatic carbocycles. The molecule has 0 aliphatic heterocycles. The minimum atomic E-state index is -0.597. The average Bonchev–Trinajstić information content (AvgIpc) is 2.67. The predicted molar refractivity (Wildman–Crippen MR) is 99.2 cm³/mol. The second-order valence-electron chi connectivity index (χ2n) is 5.44. The van der Waals surface area contributed by atoms with Gasteiger partial charge >= 0.3 is 0 Å². The summed E-state index contributed by atoms with van der Waals surface area (Å²) in [5.74, 6) is -0.738. The van der Waals surface area contributed by atoms with Crippen LogP contribution in [0.15, 0.2) is 54.1 Å². The molecule has 2 aromatic rings. The third kappa shape index (κ3) is 6.29. The van der Waals surface area contributed by atoms with Gasteiger partial charge in [-0.15, -0.1) is 0 Å². The lowest BCUT2D eigenvalue weighted by Gasteiger charge is -2.07. The zero-order valence-electron chi connectivity index (χ0n) is 14.7. The Morgan fingerprint density at radius 1 is 1.15 bits per heavy atom. The number of nitrogens with one attached hydrogen (secondary N) is 2. The van der Waals surface area contributed by atoms with Crippen LogP contribution in [0, 0.1) is 17.1 Å². The Morgan fingerprint density at radius 2 is 1.81 bits per heavy atom. The largest absolute Gasteiger partial charge is 0.484 e. The molecule has 6 nitrogen and oxygen atoms in total. The van der Waals surface area contributed by atoms with Gasteiger partial charge in [0.1, 0.15) is 23.2 Å². The molecule has 0 heterocycles. The fourth-order valence-corrected chi connectivity index (χ4v) is 2.10. The normalized spacial score (nSPS) is 10.6. The van der Waals surface area contributed by atoms with Crippen LogP contribution >= 0.6 is 0 Å². The van der Waals surface area contributed by atoms with Gasteiger partial charge in [0.15, 0.2) is 6.61 Å². The first-order valence-electron chi connectivity index (χ1n) is 8.20. The summed E-state index contributed by atoms with van der Waals surface area (Å²) in [6, 6.07) is 13.7. The van der Waals surface area contributed by atoms with Crippen LogP contribution in [0.25, 0.3) is 6.08 Å². The van der Waals surface area contributed by atoms with Gasteiger partial charge in [-0.1, -0.05) is 12.1 Å². The number of likely N-dealkylation sites (N-methyl/N-ethyl adjacent to an activating group) is 1. The van der Waals surface area contributed by atoms with Crippen LogP contribution in [0.5, 0.6) is 5.75 Å². The fourth-order valence-electron chi connectivity index (χ4n) is 2.10. The molecule has 0 aliphatic rings. The predicted octanol–water partition coefficient (Wildman–Crippen LogP) is 2.89. The first-order chi connectivity index (χ1) is 13.0. The molecular formula is C20H18FN3O3. The van der Waals surface area contributed by atoms with E-state index in [4.69, 9.17) is 4.74 Å². The topological polar surface area (TPSA) is 91.2 Å². The Hall–Kier alpha value is -3.66. The van der Waals surface area contributed by atoms with Crippen LogP contribution in [-0.2, 0) is 9.59 Å². The van der Waals surface area contributed by atoms with Crippen LogP contribution in [0.1, 0.15) is 12.5 Å². The quantitative estimate of drug-likeness (QED) is 0.581. The van der Waals surface area contributed by atoms with E-state index >= 15 is 0 Å². The summed E-state index contributed by atoms with van der Waals surface area (Å²) < 4.78 is 18.2. The van der Waals surface area contributed by atoms with Gasteiger partial charge < -0.3 is 15.4 Å². The first kappa shape index (κ1) is 19.7. The van der Waals surface area contributed by atoms with Crippen LogP contribution in [0.4, 0.5) is 10.1 Å². The van der Waals surface area contributed by atoms with E-state index in [-0.39, 0.29) is 18.1 Å². The van der Waals surface area contributed by atoms with Crippen molar-refractivity contribution in [3.05, 3.63) is 65.5 Å². The van der Waals surface area contributed by atoms with Crippen molar-refractivity contribution in [1.82, 2.24) is 5.32 Å². The van der Waals surface area contributed by atoms with E-state index in [2.05, 4.69) is 10.6 Å². The number of carbonyl (C=O) groups excluding carboxylic acids is 2. The maximum Gasteiger partial charge on any atom is 0.266 e. The molecule has 7 heteroatoms. The number of amides is 2. The summed E-state index contributed by atoms with van der Waals surface area (Å²) in [5, 5.41) is 14.4. The van der Waals surface area contributed by atoms with Gasteiger partial charge in [-0.3, -0.25) is 9.59 Å². The average molecular weight is 367 g/mol. The highest BCUT2D eigenvalue weighted by Gasteiger charge is 2.10. The molecule has 0 spiro atoms. The molecule has 0 bridgehead atoms. The SMILES string of the molecule is CCNC(=O)COc1ccc(C=C(C#N)C(=O)Nc2ccc(F)cc2)cc1. The van der Waals surface area contributed by atoms with Crippen LogP contribution < -0.4 is 15.4 Å². The minimum absolute atomic E-state index is 0.0907. The summed E-state index contributed by atoms with van der Waals surface area (Å²) in [6.45, 7) is 2.26. The molecule has 2 N–H and O–H groups in total. The minimum Gasteiger partial charge on any atom is -0.484 e. The number of nitrogens with zero attached hydrogens (tertiary/aromatic N) is 1. The van der Waals surface area contributed by atoms with E-state index in [0.717, 1.165) is 0 Å².